The summed E-state index contributed by atoms with van der Waals surface area (Å²) in [7, 11) is 0. The van der Waals surface area contributed by atoms with Gasteiger partial charge in [-0.3, -0.25) is 4.79 Å². The van der Waals surface area contributed by atoms with Crippen molar-refractivity contribution in [1.82, 2.24) is 24.6 Å². The number of nitrogens with two attached hydrogens (primary N) is 1. The fraction of sp³-hybridized carbons (Fsp3) is 0.429. The summed E-state index contributed by atoms with van der Waals surface area (Å²) in [5, 5.41) is 5.60. The van der Waals surface area contributed by atoms with Crippen molar-refractivity contribution in [3.63, 3.8) is 0 Å². The fourth-order valence-corrected chi connectivity index (χ4v) is 4.27. The number of rotatable bonds is 4. The maximum Gasteiger partial charge on any atom is 0.231 e. The summed E-state index contributed by atoms with van der Waals surface area (Å²) >= 11 is 0. The maximum atomic E-state index is 11.5. The molecule has 9 heteroatoms. The van der Waals surface area contributed by atoms with Crippen molar-refractivity contribution in [1.29, 1.82) is 0 Å². The summed E-state index contributed by atoms with van der Waals surface area (Å²) in [6, 6.07) is 5.74. The predicted molar refractivity (Wildman–Crippen MR) is 111 cm³/mol. The van der Waals surface area contributed by atoms with Crippen LogP contribution in [0, 0.1) is 5.92 Å². The molecule has 1 amide bonds. The Hall–Kier alpha value is -3.36. The zero-order chi connectivity index (χ0) is 20.7. The second-order valence-corrected chi connectivity index (χ2v) is 7.84. The van der Waals surface area contributed by atoms with Crippen LogP contribution in [0.25, 0.3) is 22.3 Å². The minimum absolute atomic E-state index is 0.159. The number of benzene rings is 1. The monoisotopic (exact) mass is 408 g/mol. The minimum Gasteiger partial charge on any atom is -0.454 e. The van der Waals surface area contributed by atoms with Crippen LogP contribution < -0.4 is 15.2 Å². The highest BCUT2D eigenvalue weighted by atomic mass is 16.7. The minimum atomic E-state index is 0.159. The molecule has 0 aliphatic carbocycles. The van der Waals surface area contributed by atoms with Gasteiger partial charge in [-0.05, 0) is 43.4 Å². The summed E-state index contributed by atoms with van der Waals surface area (Å²) in [5.74, 6) is 2.56. The number of hydrogen-bond donors (Lipinski definition) is 1. The van der Waals surface area contributed by atoms with Crippen LogP contribution in [0.3, 0.4) is 0 Å². The normalized spacial score (nSPS) is 16.4. The number of hydrogen-bond acceptors (Lipinski definition) is 7. The first-order chi connectivity index (χ1) is 14.6. The summed E-state index contributed by atoms with van der Waals surface area (Å²) in [5.41, 5.74) is 8.57. The van der Waals surface area contributed by atoms with E-state index in [4.69, 9.17) is 20.3 Å². The number of piperidine rings is 1. The lowest BCUT2D eigenvalue weighted by molar-refractivity contribution is -0.130. The number of ether oxygens (including phenoxy) is 2. The van der Waals surface area contributed by atoms with Gasteiger partial charge in [0.05, 0.1) is 5.39 Å². The van der Waals surface area contributed by atoms with Crippen molar-refractivity contribution < 1.29 is 14.3 Å². The third-order valence-electron chi connectivity index (χ3n) is 6.01. The largest absolute Gasteiger partial charge is 0.454 e. The van der Waals surface area contributed by atoms with E-state index < -0.39 is 0 Å². The van der Waals surface area contributed by atoms with Gasteiger partial charge in [0, 0.05) is 32.1 Å². The highest BCUT2D eigenvalue weighted by Gasteiger charge is 2.23. The molecule has 0 atom stereocenters. The standard InChI is InChI=1S/C21H24N6O3/c1-13(28)26-7-4-14(5-8-26)6-9-27-21-18(20(22)23-11-24-21)19(25-27)15-2-3-16-17(10-15)30-12-29-16/h2-3,10-11,14H,4-9,12H2,1H3,(H2,22,23,24). The number of aryl methyl sites for hydroxylation is 1. The molecule has 0 spiro atoms. The third-order valence-corrected chi connectivity index (χ3v) is 6.01. The van der Waals surface area contributed by atoms with Crippen molar-refractivity contribution in [2.24, 2.45) is 5.92 Å². The average molecular weight is 408 g/mol. The Bertz CT molecular complexity index is 1100. The number of likely N-dealkylation sites (tertiary alicyclic amines) is 1. The quantitative estimate of drug-likeness (QED) is 0.706. The molecule has 30 heavy (non-hydrogen) atoms. The lowest BCUT2D eigenvalue weighted by Gasteiger charge is -2.31. The number of carbonyl (C=O) groups is 1. The molecule has 0 radical (unpaired) electrons. The summed E-state index contributed by atoms with van der Waals surface area (Å²) in [4.78, 5) is 22.1. The van der Waals surface area contributed by atoms with Gasteiger partial charge in [0.1, 0.15) is 17.8 Å². The maximum absolute atomic E-state index is 11.5. The van der Waals surface area contributed by atoms with Crippen LogP contribution in [0.5, 0.6) is 11.5 Å². The molecule has 1 saturated heterocycles. The van der Waals surface area contributed by atoms with E-state index in [1.807, 2.05) is 27.8 Å². The Morgan fingerprint density at radius 1 is 1.20 bits per heavy atom. The van der Waals surface area contributed by atoms with Gasteiger partial charge in [0.25, 0.3) is 0 Å². The second-order valence-electron chi connectivity index (χ2n) is 7.84. The molecule has 0 unspecified atom stereocenters. The zero-order valence-electron chi connectivity index (χ0n) is 16.9. The molecule has 2 aromatic heterocycles. The zero-order valence-corrected chi connectivity index (χ0v) is 16.9. The average Bonchev–Trinajstić information content (AvgIpc) is 3.37. The Labute approximate surface area is 173 Å². The van der Waals surface area contributed by atoms with Crippen LogP contribution in [-0.4, -0.2) is 50.4 Å². The van der Waals surface area contributed by atoms with Crippen molar-refractivity contribution in [2.45, 2.75) is 32.7 Å². The molecule has 2 aliphatic heterocycles. The predicted octanol–water partition coefficient (Wildman–Crippen LogP) is 2.45. The molecule has 1 aromatic carbocycles. The molecule has 3 aromatic rings. The smallest absolute Gasteiger partial charge is 0.231 e. The molecule has 5 rings (SSSR count). The van der Waals surface area contributed by atoms with E-state index in [0.717, 1.165) is 66.9 Å². The van der Waals surface area contributed by atoms with Crippen LogP contribution >= 0.6 is 0 Å². The molecule has 0 bridgehead atoms. The molecule has 0 saturated carbocycles. The van der Waals surface area contributed by atoms with Gasteiger partial charge in [-0.1, -0.05) is 0 Å². The number of nitrogens with zero attached hydrogens (tertiary/aromatic N) is 5. The third kappa shape index (κ3) is 3.30. The highest BCUT2D eigenvalue weighted by Crippen LogP contribution is 2.38. The van der Waals surface area contributed by atoms with Crippen LogP contribution in [0.1, 0.15) is 26.2 Å². The molecule has 2 N–H and O–H groups in total. The number of amides is 1. The summed E-state index contributed by atoms with van der Waals surface area (Å²) in [6.45, 7) is 4.26. The Morgan fingerprint density at radius 2 is 2.00 bits per heavy atom. The SMILES string of the molecule is CC(=O)N1CCC(CCn2nc(-c3ccc4c(c3)OCO4)c3c(N)ncnc32)CC1. The molecule has 9 nitrogen and oxygen atoms in total. The number of carbonyl (C=O) groups excluding carboxylic acids is 1. The number of aromatic nitrogens is 4. The summed E-state index contributed by atoms with van der Waals surface area (Å²) < 4.78 is 12.8. The van der Waals surface area contributed by atoms with Crippen molar-refractivity contribution >= 4 is 22.8 Å². The Balaban J connectivity index is 1.41. The first-order valence-electron chi connectivity index (χ1n) is 10.2. The van der Waals surface area contributed by atoms with Gasteiger partial charge in [-0.15, -0.1) is 0 Å². The van der Waals surface area contributed by atoms with E-state index in [0.29, 0.717) is 17.5 Å². The lowest BCUT2D eigenvalue weighted by atomic mass is 9.93. The van der Waals surface area contributed by atoms with Gasteiger partial charge < -0.3 is 20.1 Å². The number of fused-ring (bicyclic) bond motifs is 2. The molecular weight excluding hydrogens is 384 g/mol. The van der Waals surface area contributed by atoms with Crippen molar-refractivity contribution in [3.8, 4) is 22.8 Å². The lowest BCUT2D eigenvalue weighted by Crippen LogP contribution is -2.37. The van der Waals surface area contributed by atoms with E-state index in [1.54, 1.807) is 6.92 Å². The van der Waals surface area contributed by atoms with Crippen LogP contribution in [0.4, 0.5) is 5.82 Å². The van der Waals surface area contributed by atoms with E-state index in [1.165, 1.54) is 6.33 Å². The second kappa shape index (κ2) is 7.47. The Kier molecular flexibility index (Phi) is 4.65. The van der Waals surface area contributed by atoms with E-state index >= 15 is 0 Å². The molecular formula is C21H24N6O3. The highest BCUT2D eigenvalue weighted by molar-refractivity contribution is 5.98. The van der Waals surface area contributed by atoms with Gasteiger partial charge in [-0.2, -0.15) is 5.10 Å². The first-order valence-corrected chi connectivity index (χ1v) is 10.2. The molecule has 156 valence electrons. The van der Waals surface area contributed by atoms with E-state index in [-0.39, 0.29) is 12.7 Å². The van der Waals surface area contributed by atoms with Crippen molar-refractivity contribution in [3.05, 3.63) is 24.5 Å². The van der Waals surface area contributed by atoms with Gasteiger partial charge in [0.2, 0.25) is 12.7 Å². The molecule has 1 fully saturated rings. The van der Waals surface area contributed by atoms with Crippen LogP contribution in [-0.2, 0) is 11.3 Å². The van der Waals surface area contributed by atoms with Gasteiger partial charge >= 0.3 is 0 Å². The molecule has 4 heterocycles. The first kappa shape index (κ1) is 18.7. The topological polar surface area (TPSA) is 108 Å². The van der Waals surface area contributed by atoms with E-state index in [9.17, 15) is 4.79 Å². The number of anilines is 1. The Morgan fingerprint density at radius 3 is 2.80 bits per heavy atom. The van der Waals surface area contributed by atoms with Crippen LogP contribution in [0.2, 0.25) is 0 Å². The van der Waals surface area contributed by atoms with Crippen LogP contribution in [0.15, 0.2) is 24.5 Å². The van der Waals surface area contributed by atoms with Gasteiger partial charge in [0.15, 0.2) is 17.1 Å². The van der Waals surface area contributed by atoms with E-state index in [2.05, 4.69) is 9.97 Å². The summed E-state index contributed by atoms with van der Waals surface area (Å²) in [6.07, 6.45) is 4.49. The fourth-order valence-electron chi connectivity index (χ4n) is 4.27. The molecule has 2 aliphatic rings. The number of nitrogen functional groups attached to an aromatic ring is 1. The van der Waals surface area contributed by atoms with Gasteiger partial charge in [-0.25, -0.2) is 14.6 Å². The van der Waals surface area contributed by atoms with Crippen molar-refractivity contribution in [2.75, 3.05) is 25.6 Å².